The summed E-state index contributed by atoms with van der Waals surface area (Å²) in [6.45, 7) is 3.09. The molecular formula is C12H18N4O3. The highest BCUT2D eigenvalue weighted by molar-refractivity contribution is 5.87. The molecule has 0 aromatic carbocycles. The molecule has 1 aromatic rings. The fourth-order valence-corrected chi connectivity index (χ4v) is 1.31. The Labute approximate surface area is 111 Å². The highest BCUT2D eigenvalue weighted by Gasteiger charge is 2.08. The summed E-state index contributed by atoms with van der Waals surface area (Å²) in [4.78, 5) is 30.5. The van der Waals surface area contributed by atoms with Crippen LogP contribution in [0, 0.1) is 0 Å². The zero-order valence-electron chi connectivity index (χ0n) is 11.1. The smallest absolute Gasteiger partial charge is 0.358 e. The maximum Gasteiger partial charge on any atom is 0.358 e. The van der Waals surface area contributed by atoms with Crippen molar-refractivity contribution in [3.8, 4) is 0 Å². The lowest BCUT2D eigenvalue weighted by Crippen LogP contribution is -2.26. The molecular weight excluding hydrogens is 248 g/mol. The SMILES string of the molecule is CCCNC(=O)CCNc1cncc(C(=O)OC)n1. The number of anilines is 1. The van der Waals surface area contributed by atoms with Crippen molar-refractivity contribution in [2.24, 2.45) is 0 Å². The molecule has 104 valence electrons. The van der Waals surface area contributed by atoms with Gasteiger partial charge in [0.15, 0.2) is 5.69 Å². The van der Waals surface area contributed by atoms with E-state index >= 15 is 0 Å². The summed E-state index contributed by atoms with van der Waals surface area (Å²) >= 11 is 0. The number of esters is 1. The Balaban J connectivity index is 2.41. The molecule has 1 aromatic heterocycles. The number of amides is 1. The molecule has 7 nitrogen and oxygen atoms in total. The van der Waals surface area contributed by atoms with Gasteiger partial charge in [-0.15, -0.1) is 0 Å². The predicted octanol–water partition coefficient (Wildman–Crippen LogP) is 0.591. The minimum absolute atomic E-state index is 0.0218. The molecule has 0 aliphatic heterocycles. The van der Waals surface area contributed by atoms with Crippen molar-refractivity contribution in [2.75, 3.05) is 25.5 Å². The highest BCUT2D eigenvalue weighted by atomic mass is 16.5. The van der Waals surface area contributed by atoms with Crippen LogP contribution in [0.1, 0.15) is 30.3 Å². The van der Waals surface area contributed by atoms with Crippen LogP contribution in [0.2, 0.25) is 0 Å². The Kier molecular flexibility index (Phi) is 6.28. The van der Waals surface area contributed by atoms with Crippen LogP contribution in [-0.4, -0.2) is 42.0 Å². The number of nitrogens with one attached hydrogen (secondary N) is 2. The van der Waals surface area contributed by atoms with E-state index in [4.69, 9.17) is 0 Å². The molecule has 1 heterocycles. The Bertz CT molecular complexity index is 437. The number of rotatable bonds is 7. The van der Waals surface area contributed by atoms with Gasteiger partial charge in [0, 0.05) is 19.5 Å². The van der Waals surface area contributed by atoms with Crippen LogP contribution in [0.15, 0.2) is 12.4 Å². The van der Waals surface area contributed by atoms with Crippen LogP contribution in [0.4, 0.5) is 5.82 Å². The van der Waals surface area contributed by atoms with Crippen molar-refractivity contribution in [3.05, 3.63) is 18.1 Å². The number of carbonyl (C=O) groups is 2. The summed E-state index contributed by atoms with van der Waals surface area (Å²) in [5.74, 6) is -0.130. The molecule has 19 heavy (non-hydrogen) atoms. The lowest BCUT2D eigenvalue weighted by Gasteiger charge is -2.06. The Hall–Kier alpha value is -2.18. The second-order valence-electron chi connectivity index (χ2n) is 3.81. The second kappa shape index (κ2) is 8.02. The van der Waals surface area contributed by atoms with E-state index in [0.29, 0.717) is 25.3 Å². The van der Waals surface area contributed by atoms with Crippen molar-refractivity contribution < 1.29 is 14.3 Å². The van der Waals surface area contributed by atoms with Crippen LogP contribution >= 0.6 is 0 Å². The summed E-state index contributed by atoms with van der Waals surface area (Å²) in [6.07, 6.45) is 4.05. The second-order valence-corrected chi connectivity index (χ2v) is 3.81. The monoisotopic (exact) mass is 266 g/mol. The van der Waals surface area contributed by atoms with Gasteiger partial charge in [-0.2, -0.15) is 0 Å². The number of carbonyl (C=O) groups excluding carboxylic acids is 2. The van der Waals surface area contributed by atoms with Gasteiger partial charge in [-0.3, -0.25) is 9.78 Å². The van der Waals surface area contributed by atoms with Crippen LogP contribution in [0.25, 0.3) is 0 Å². The largest absolute Gasteiger partial charge is 0.464 e. The van der Waals surface area contributed by atoms with Gasteiger partial charge < -0.3 is 15.4 Å². The fourth-order valence-electron chi connectivity index (χ4n) is 1.31. The van der Waals surface area contributed by atoms with Gasteiger partial charge in [0.1, 0.15) is 5.82 Å². The van der Waals surface area contributed by atoms with E-state index in [1.807, 2.05) is 6.92 Å². The summed E-state index contributed by atoms with van der Waals surface area (Å²) < 4.78 is 4.54. The number of hydrogen-bond donors (Lipinski definition) is 2. The Morgan fingerprint density at radius 3 is 2.79 bits per heavy atom. The van der Waals surface area contributed by atoms with Crippen molar-refractivity contribution in [3.63, 3.8) is 0 Å². The van der Waals surface area contributed by atoms with Crippen molar-refractivity contribution in [1.29, 1.82) is 0 Å². The van der Waals surface area contributed by atoms with Gasteiger partial charge in [-0.1, -0.05) is 6.92 Å². The third-order valence-electron chi connectivity index (χ3n) is 2.26. The summed E-state index contributed by atoms with van der Waals surface area (Å²) in [6, 6.07) is 0. The average molecular weight is 266 g/mol. The van der Waals surface area contributed by atoms with Gasteiger partial charge in [0.2, 0.25) is 5.91 Å². The Morgan fingerprint density at radius 1 is 1.32 bits per heavy atom. The van der Waals surface area contributed by atoms with Crippen molar-refractivity contribution >= 4 is 17.7 Å². The standard InChI is InChI=1S/C12H18N4O3/c1-3-5-15-11(17)4-6-14-10-8-13-7-9(16-10)12(18)19-2/h7-8H,3-6H2,1-2H3,(H,14,16)(H,15,17). The molecule has 7 heteroatoms. The van der Waals surface area contributed by atoms with E-state index in [2.05, 4.69) is 25.3 Å². The highest BCUT2D eigenvalue weighted by Crippen LogP contribution is 2.03. The predicted molar refractivity (Wildman–Crippen MR) is 69.8 cm³/mol. The van der Waals surface area contributed by atoms with Gasteiger partial charge in [-0.05, 0) is 6.42 Å². The first-order valence-electron chi connectivity index (χ1n) is 6.08. The summed E-state index contributed by atoms with van der Waals surface area (Å²) in [7, 11) is 1.28. The molecule has 0 aliphatic carbocycles. The van der Waals surface area contributed by atoms with E-state index in [1.54, 1.807) is 0 Å². The summed E-state index contributed by atoms with van der Waals surface area (Å²) in [5, 5.41) is 5.70. The quantitative estimate of drug-likeness (QED) is 0.702. The molecule has 2 N–H and O–H groups in total. The van der Waals surface area contributed by atoms with Crippen molar-refractivity contribution in [2.45, 2.75) is 19.8 Å². The van der Waals surface area contributed by atoms with Gasteiger partial charge in [0.25, 0.3) is 0 Å². The van der Waals surface area contributed by atoms with Crippen LogP contribution in [-0.2, 0) is 9.53 Å². The maximum atomic E-state index is 11.4. The number of hydrogen-bond acceptors (Lipinski definition) is 6. The first-order chi connectivity index (χ1) is 9.17. The van der Waals surface area contributed by atoms with Gasteiger partial charge >= 0.3 is 5.97 Å². The molecule has 0 radical (unpaired) electrons. The number of aromatic nitrogens is 2. The van der Waals surface area contributed by atoms with E-state index in [0.717, 1.165) is 6.42 Å². The molecule has 0 bridgehead atoms. The molecule has 1 amide bonds. The number of methoxy groups -OCH3 is 1. The lowest BCUT2D eigenvalue weighted by atomic mass is 10.3. The molecule has 0 atom stereocenters. The van der Waals surface area contributed by atoms with E-state index in [-0.39, 0.29) is 11.6 Å². The van der Waals surface area contributed by atoms with Gasteiger partial charge in [0.05, 0.1) is 19.5 Å². The maximum absolute atomic E-state index is 11.4. The lowest BCUT2D eigenvalue weighted by molar-refractivity contribution is -0.120. The molecule has 0 fully saturated rings. The summed E-state index contributed by atoms with van der Waals surface area (Å²) in [5.41, 5.74) is 0.128. The average Bonchev–Trinajstić information content (AvgIpc) is 2.44. The first-order valence-corrected chi connectivity index (χ1v) is 6.08. The van der Waals surface area contributed by atoms with Crippen LogP contribution < -0.4 is 10.6 Å². The molecule has 0 saturated carbocycles. The van der Waals surface area contributed by atoms with E-state index in [1.165, 1.54) is 19.5 Å². The fraction of sp³-hybridized carbons (Fsp3) is 0.500. The number of nitrogens with zero attached hydrogens (tertiary/aromatic N) is 2. The molecule has 0 unspecified atom stereocenters. The third kappa shape index (κ3) is 5.33. The minimum Gasteiger partial charge on any atom is -0.464 e. The minimum atomic E-state index is -0.545. The third-order valence-corrected chi connectivity index (χ3v) is 2.26. The zero-order chi connectivity index (χ0) is 14.1. The molecule has 0 saturated heterocycles. The Morgan fingerprint density at radius 2 is 2.11 bits per heavy atom. The van der Waals surface area contributed by atoms with Gasteiger partial charge in [-0.25, -0.2) is 9.78 Å². The first kappa shape index (κ1) is 14.9. The van der Waals surface area contributed by atoms with Crippen molar-refractivity contribution in [1.82, 2.24) is 15.3 Å². The topological polar surface area (TPSA) is 93.2 Å². The molecule has 0 spiro atoms. The van der Waals surface area contributed by atoms with E-state index < -0.39 is 5.97 Å². The molecule has 0 aliphatic rings. The molecule has 1 rings (SSSR count). The zero-order valence-corrected chi connectivity index (χ0v) is 11.1. The van der Waals surface area contributed by atoms with Crippen LogP contribution in [0.5, 0.6) is 0 Å². The van der Waals surface area contributed by atoms with E-state index in [9.17, 15) is 9.59 Å². The normalized spacial score (nSPS) is 9.79. The van der Waals surface area contributed by atoms with Crippen LogP contribution in [0.3, 0.4) is 0 Å². The number of ether oxygens (including phenoxy) is 1.